The molecule has 18 heavy (non-hydrogen) atoms. The quantitative estimate of drug-likeness (QED) is 0.528. The molecule has 0 aromatic heterocycles. The smallest absolute Gasteiger partial charge is 0.0143 e. The Morgan fingerprint density at radius 2 is 1.17 bits per heavy atom. The number of rotatable bonds is 8. The predicted molar refractivity (Wildman–Crippen MR) is 89.6 cm³/mol. The normalized spacial score (nSPS) is 11.7. The molecule has 0 atom stereocenters. The van der Waals surface area contributed by atoms with Gasteiger partial charge in [0.2, 0.25) is 0 Å². The van der Waals surface area contributed by atoms with E-state index >= 15 is 0 Å². The van der Waals surface area contributed by atoms with Crippen molar-refractivity contribution in [3.8, 4) is 0 Å². The van der Waals surface area contributed by atoms with E-state index in [1.807, 2.05) is 0 Å². The van der Waals surface area contributed by atoms with Gasteiger partial charge >= 0.3 is 0 Å². The summed E-state index contributed by atoms with van der Waals surface area (Å²) >= 11 is 0. The Hall–Kier alpha value is -0.440. The van der Waals surface area contributed by atoms with Crippen molar-refractivity contribution in [3.63, 3.8) is 0 Å². The monoisotopic (exact) mass is 278 g/mol. The van der Waals surface area contributed by atoms with Crippen LogP contribution in [0.2, 0.25) is 0 Å². The van der Waals surface area contributed by atoms with Crippen molar-refractivity contribution in [1.82, 2.24) is 0 Å². The minimum absolute atomic E-state index is 1.17. The van der Waals surface area contributed by atoms with Crippen LogP contribution in [0, 0.1) is 0 Å². The number of hydrogen-bond donors (Lipinski definition) is 0. The maximum atomic E-state index is 2.38. The highest BCUT2D eigenvalue weighted by Crippen LogP contribution is 2.15. The predicted octanol–water partition coefficient (Wildman–Crippen LogP) is 5.78. The molecule has 1 aromatic rings. The van der Waals surface area contributed by atoms with Crippen LogP contribution >= 0.6 is 16.4 Å². The third-order valence-corrected chi connectivity index (χ3v) is 4.79. The largest absolute Gasteiger partial charge is 0.104 e. The van der Waals surface area contributed by atoms with Crippen molar-refractivity contribution in [1.29, 1.82) is 0 Å². The molecular weight excluding hydrogens is 254 g/mol. The summed E-state index contributed by atoms with van der Waals surface area (Å²) in [5.41, 5.74) is 2.92. The Labute approximate surface area is 115 Å². The van der Waals surface area contributed by atoms with Gasteiger partial charge in [-0.05, 0) is 24.0 Å². The second-order valence-corrected chi connectivity index (χ2v) is 6.53. The summed E-state index contributed by atoms with van der Waals surface area (Å²) in [6.45, 7) is 4.46. The second-order valence-electron chi connectivity index (χ2n) is 4.44. The number of benzene rings is 1. The van der Waals surface area contributed by atoms with Crippen LogP contribution in [-0.4, -0.2) is 11.6 Å². The van der Waals surface area contributed by atoms with Crippen LogP contribution < -0.4 is 0 Å². The minimum Gasteiger partial charge on any atom is -0.104 e. The molecule has 0 aliphatic rings. The van der Waals surface area contributed by atoms with Crippen molar-refractivity contribution in [2.24, 2.45) is 0 Å². The zero-order valence-electron chi connectivity index (χ0n) is 11.6. The van der Waals surface area contributed by atoms with Crippen molar-refractivity contribution >= 4 is 28.0 Å². The molecule has 0 radical (unpaired) electrons. The summed E-state index contributed by atoms with van der Waals surface area (Å²) in [6.07, 6.45) is 7.34. The van der Waals surface area contributed by atoms with Crippen molar-refractivity contribution in [3.05, 3.63) is 35.4 Å². The highest BCUT2D eigenvalue weighted by molar-refractivity contribution is 7.37. The summed E-state index contributed by atoms with van der Waals surface area (Å²) in [5, 5.41) is 0. The first-order valence-electron chi connectivity index (χ1n) is 6.91. The Balaban J connectivity index is 2.37. The van der Waals surface area contributed by atoms with Gasteiger partial charge < -0.3 is 0 Å². The van der Waals surface area contributed by atoms with E-state index in [4.69, 9.17) is 0 Å². The van der Waals surface area contributed by atoms with E-state index < -0.39 is 0 Å². The highest BCUT2D eigenvalue weighted by Gasteiger charge is 1.92. The van der Waals surface area contributed by atoms with E-state index in [2.05, 4.69) is 49.7 Å². The Morgan fingerprint density at radius 1 is 0.778 bits per heavy atom. The summed E-state index contributed by atoms with van der Waals surface area (Å²) in [5.74, 6) is 4.76. The van der Waals surface area contributed by atoms with E-state index in [1.54, 1.807) is 0 Å². The lowest BCUT2D eigenvalue weighted by atomic mass is 10.2. The Kier molecular flexibility index (Phi) is 9.09. The van der Waals surface area contributed by atoms with Crippen LogP contribution in [0.25, 0.3) is 0 Å². The lowest BCUT2D eigenvalue weighted by molar-refractivity contribution is 1.02. The molecule has 0 nitrogen and oxygen atoms in total. The topological polar surface area (TPSA) is 0 Å². The van der Waals surface area contributed by atoms with Crippen LogP contribution in [0.3, 0.4) is 0 Å². The fraction of sp³-hybridized carbons (Fsp3) is 0.500. The first-order valence-corrected chi connectivity index (χ1v) is 9.21. The lowest BCUT2D eigenvalue weighted by Gasteiger charge is -1.99. The highest BCUT2D eigenvalue weighted by atomic mass is 31.1. The van der Waals surface area contributed by atoms with Gasteiger partial charge in [-0.1, -0.05) is 62.5 Å². The molecule has 0 saturated carbocycles. The van der Waals surface area contributed by atoms with Crippen molar-refractivity contribution in [2.75, 3.05) is 0 Å². The van der Waals surface area contributed by atoms with Gasteiger partial charge in [0.15, 0.2) is 0 Å². The standard InChI is InChI=1S/C16H24P2/c1-3-5-11-17-13-15-7-9-16(10-8-15)14-18-12-6-4-2/h7-12H,3-6,13-14H2,1-2H3. The van der Waals surface area contributed by atoms with Gasteiger partial charge in [-0.2, -0.15) is 0 Å². The maximum Gasteiger partial charge on any atom is 0.0143 e. The van der Waals surface area contributed by atoms with Gasteiger partial charge in [0, 0.05) is 12.3 Å². The SMILES string of the molecule is CCCC=PCc1ccc(CP=CCCC)cc1. The number of unbranched alkanes of at least 4 members (excludes halogenated alkanes) is 2. The molecule has 2 heteroatoms. The molecule has 0 fully saturated rings. The zero-order chi connectivity index (χ0) is 13.1. The third-order valence-electron chi connectivity index (χ3n) is 2.66. The molecule has 0 bridgehead atoms. The third kappa shape index (κ3) is 7.10. The average molecular weight is 278 g/mol. The first kappa shape index (κ1) is 15.6. The van der Waals surface area contributed by atoms with Gasteiger partial charge in [0.25, 0.3) is 0 Å². The van der Waals surface area contributed by atoms with Crippen LogP contribution in [0.15, 0.2) is 24.3 Å². The summed E-state index contributed by atoms with van der Waals surface area (Å²) < 4.78 is 0. The van der Waals surface area contributed by atoms with Gasteiger partial charge in [0.05, 0.1) is 0 Å². The van der Waals surface area contributed by atoms with Gasteiger partial charge in [-0.25, -0.2) is 0 Å². The second kappa shape index (κ2) is 10.5. The molecule has 0 heterocycles. The fourth-order valence-electron chi connectivity index (χ4n) is 1.53. The molecule has 98 valence electrons. The molecule has 0 N–H and O–H groups in total. The fourth-order valence-corrected chi connectivity index (χ4v) is 3.51. The Bertz CT molecular complexity index is 326. The first-order chi connectivity index (χ1) is 8.86. The summed E-state index contributed by atoms with van der Waals surface area (Å²) in [6, 6.07) is 9.16. The van der Waals surface area contributed by atoms with Crippen LogP contribution in [-0.2, 0) is 12.3 Å². The Morgan fingerprint density at radius 3 is 1.50 bits per heavy atom. The molecule has 0 unspecified atom stereocenters. The minimum atomic E-state index is 1.17. The van der Waals surface area contributed by atoms with Gasteiger partial charge in [-0.3, -0.25) is 0 Å². The van der Waals surface area contributed by atoms with Crippen LogP contribution in [0.5, 0.6) is 0 Å². The maximum absolute atomic E-state index is 2.38. The molecule has 0 saturated heterocycles. The van der Waals surface area contributed by atoms with E-state index in [0.717, 1.165) is 0 Å². The molecule has 1 aromatic carbocycles. The average Bonchev–Trinajstić information content (AvgIpc) is 2.41. The molecule has 0 aliphatic carbocycles. The van der Waals surface area contributed by atoms with E-state index in [1.165, 1.54) is 65.5 Å². The van der Waals surface area contributed by atoms with Gasteiger partial charge in [-0.15, -0.1) is 16.4 Å². The molecule has 0 spiro atoms. The van der Waals surface area contributed by atoms with Crippen molar-refractivity contribution < 1.29 is 0 Å². The van der Waals surface area contributed by atoms with E-state index in [-0.39, 0.29) is 0 Å². The summed E-state index contributed by atoms with van der Waals surface area (Å²) in [4.78, 5) is 0. The number of hydrogen-bond acceptors (Lipinski definition) is 0. The van der Waals surface area contributed by atoms with E-state index in [0.29, 0.717) is 0 Å². The molecule has 1 rings (SSSR count). The lowest BCUT2D eigenvalue weighted by Crippen LogP contribution is -1.81. The molecule has 0 amide bonds. The summed E-state index contributed by atoms with van der Waals surface area (Å²) in [7, 11) is 2.91. The van der Waals surface area contributed by atoms with Crippen LogP contribution in [0.4, 0.5) is 0 Å². The molecular formula is C16H24P2. The van der Waals surface area contributed by atoms with E-state index in [9.17, 15) is 0 Å². The van der Waals surface area contributed by atoms with Crippen LogP contribution in [0.1, 0.15) is 50.7 Å². The van der Waals surface area contributed by atoms with Gasteiger partial charge in [0.1, 0.15) is 0 Å². The zero-order valence-corrected chi connectivity index (χ0v) is 13.4. The molecule has 0 aliphatic heterocycles. The van der Waals surface area contributed by atoms with Crippen molar-refractivity contribution in [2.45, 2.75) is 51.9 Å².